The van der Waals surface area contributed by atoms with Crippen molar-refractivity contribution in [3.8, 4) is 5.75 Å². The van der Waals surface area contributed by atoms with Crippen molar-refractivity contribution in [3.63, 3.8) is 0 Å². The Kier molecular flexibility index (Phi) is 4.72. The monoisotopic (exact) mass is 283 g/mol. The summed E-state index contributed by atoms with van der Waals surface area (Å²) in [5, 5.41) is 2.72. The van der Waals surface area contributed by atoms with Gasteiger partial charge in [-0.25, -0.2) is 0 Å². The van der Waals surface area contributed by atoms with Crippen LogP contribution in [-0.2, 0) is 0 Å². The quantitative estimate of drug-likeness (QED) is 0.858. The molecule has 2 aromatic carbocycles. The van der Waals surface area contributed by atoms with E-state index < -0.39 is 0 Å². The maximum Gasteiger partial charge on any atom is 0.252 e. The number of ether oxygens (including phenoxy) is 1. The number of ketones is 1. The predicted octanol–water partition coefficient (Wildman–Crippen LogP) is 2.68. The average Bonchev–Trinajstić information content (AvgIpc) is 2.54. The zero-order valence-electron chi connectivity index (χ0n) is 12.1. The van der Waals surface area contributed by atoms with Crippen molar-refractivity contribution >= 4 is 11.7 Å². The van der Waals surface area contributed by atoms with E-state index in [0.717, 1.165) is 0 Å². The number of rotatable bonds is 5. The van der Waals surface area contributed by atoms with Gasteiger partial charge in [-0.2, -0.15) is 0 Å². The van der Waals surface area contributed by atoms with Gasteiger partial charge in [-0.05, 0) is 37.3 Å². The minimum absolute atomic E-state index is 0.181. The van der Waals surface area contributed by atoms with Crippen LogP contribution in [0.2, 0.25) is 0 Å². The van der Waals surface area contributed by atoms with Crippen LogP contribution in [0.15, 0.2) is 48.5 Å². The van der Waals surface area contributed by atoms with Crippen LogP contribution >= 0.6 is 0 Å². The van der Waals surface area contributed by atoms with Gasteiger partial charge in [-0.3, -0.25) is 9.59 Å². The van der Waals surface area contributed by atoms with Crippen molar-refractivity contribution in [2.24, 2.45) is 0 Å². The third-order valence-electron chi connectivity index (χ3n) is 3.11. The highest BCUT2D eigenvalue weighted by atomic mass is 16.5. The summed E-state index contributed by atoms with van der Waals surface area (Å²) in [6.07, 6.45) is 0. The Balaban J connectivity index is 2.36. The number of hydrogen-bond donors (Lipinski definition) is 1. The van der Waals surface area contributed by atoms with Crippen molar-refractivity contribution in [2.75, 3.05) is 13.7 Å². The first-order valence-corrected chi connectivity index (χ1v) is 6.73. The highest BCUT2D eigenvalue weighted by Gasteiger charge is 2.17. The van der Waals surface area contributed by atoms with Gasteiger partial charge >= 0.3 is 0 Å². The third kappa shape index (κ3) is 3.28. The van der Waals surface area contributed by atoms with E-state index in [1.807, 2.05) is 6.92 Å². The SMILES string of the molecule is CCNC(=O)c1ccccc1C(=O)c1ccc(OC)cc1. The molecule has 0 unspecified atom stereocenters. The summed E-state index contributed by atoms with van der Waals surface area (Å²) in [5.74, 6) is 0.262. The third-order valence-corrected chi connectivity index (χ3v) is 3.11. The van der Waals surface area contributed by atoms with Gasteiger partial charge in [0.2, 0.25) is 0 Å². The lowest BCUT2D eigenvalue weighted by Crippen LogP contribution is -2.25. The van der Waals surface area contributed by atoms with Crippen molar-refractivity contribution < 1.29 is 14.3 Å². The number of carbonyl (C=O) groups excluding carboxylic acids is 2. The minimum Gasteiger partial charge on any atom is -0.497 e. The number of benzene rings is 2. The van der Waals surface area contributed by atoms with Gasteiger partial charge < -0.3 is 10.1 Å². The number of hydrogen-bond acceptors (Lipinski definition) is 3. The van der Waals surface area contributed by atoms with Crippen LogP contribution in [0.3, 0.4) is 0 Å². The molecule has 21 heavy (non-hydrogen) atoms. The summed E-state index contributed by atoms with van der Waals surface area (Å²) in [6, 6.07) is 13.6. The van der Waals surface area contributed by atoms with Gasteiger partial charge in [0.15, 0.2) is 5.78 Å². The fraction of sp³-hybridized carbons (Fsp3) is 0.176. The molecule has 0 heterocycles. The molecule has 0 aromatic heterocycles. The molecular formula is C17H17NO3. The molecule has 0 bridgehead atoms. The molecule has 2 rings (SSSR count). The highest BCUT2D eigenvalue weighted by molar-refractivity contribution is 6.15. The van der Waals surface area contributed by atoms with Crippen LogP contribution < -0.4 is 10.1 Å². The molecule has 4 heteroatoms. The summed E-state index contributed by atoms with van der Waals surface area (Å²) in [7, 11) is 1.57. The van der Waals surface area contributed by atoms with E-state index in [1.165, 1.54) is 0 Å². The van der Waals surface area contributed by atoms with Crippen molar-refractivity contribution in [2.45, 2.75) is 6.92 Å². The number of nitrogens with one attached hydrogen (secondary N) is 1. The van der Waals surface area contributed by atoms with Crippen LogP contribution in [0.1, 0.15) is 33.2 Å². The van der Waals surface area contributed by atoms with E-state index in [4.69, 9.17) is 4.74 Å². The maximum atomic E-state index is 12.6. The zero-order valence-corrected chi connectivity index (χ0v) is 12.1. The van der Waals surface area contributed by atoms with Gasteiger partial charge in [0.05, 0.1) is 12.7 Å². The molecule has 0 spiro atoms. The van der Waals surface area contributed by atoms with Crippen LogP contribution in [0.5, 0.6) is 5.75 Å². The zero-order chi connectivity index (χ0) is 15.2. The van der Waals surface area contributed by atoms with Crippen molar-refractivity contribution in [1.82, 2.24) is 5.32 Å². The largest absolute Gasteiger partial charge is 0.497 e. The number of amides is 1. The van der Waals surface area contributed by atoms with E-state index in [0.29, 0.717) is 29.0 Å². The summed E-state index contributed by atoms with van der Waals surface area (Å²) in [6.45, 7) is 2.36. The second-order valence-corrected chi connectivity index (χ2v) is 4.46. The summed E-state index contributed by atoms with van der Waals surface area (Å²) in [4.78, 5) is 24.6. The molecule has 0 saturated carbocycles. The standard InChI is InChI=1S/C17H17NO3/c1-3-18-17(20)15-7-5-4-6-14(15)16(19)12-8-10-13(21-2)11-9-12/h4-11H,3H2,1-2H3,(H,18,20). The Morgan fingerprint density at radius 1 is 1.00 bits per heavy atom. The summed E-state index contributed by atoms with van der Waals surface area (Å²) >= 11 is 0. The van der Waals surface area contributed by atoms with Gasteiger partial charge in [-0.1, -0.05) is 18.2 Å². The van der Waals surface area contributed by atoms with Crippen molar-refractivity contribution in [1.29, 1.82) is 0 Å². The Morgan fingerprint density at radius 2 is 1.62 bits per heavy atom. The molecule has 108 valence electrons. The van der Waals surface area contributed by atoms with Gasteiger partial charge in [0.25, 0.3) is 5.91 Å². The second kappa shape index (κ2) is 6.70. The highest BCUT2D eigenvalue weighted by Crippen LogP contribution is 2.17. The fourth-order valence-electron chi connectivity index (χ4n) is 2.03. The molecule has 0 saturated heterocycles. The Bertz CT molecular complexity index is 647. The molecule has 0 aliphatic rings. The lowest BCUT2D eigenvalue weighted by Gasteiger charge is -2.09. The van der Waals surface area contributed by atoms with E-state index in [1.54, 1.807) is 55.6 Å². The molecule has 2 aromatic rings. The Hall–Kier alpha value is -2.62. The number of carbonyl (C=O) groups is 2. The van der Waals surface area contributed by atoms with Gasteiger partial charge in [-0.15, -0.1) is 0 Å². The van der Waals surface area contributed by atoms with Crippen LogP contribution in [0.25, 0.3) is 0 Å². The summed E-state index contributed by atoms with van der Waals surface area (Å²) < 4.78 is 5.07. The molecule has 0 aliphatic heterocycles. The molecule has 0 atom stereocenters. The lowest BCUT2D eigenvalue weighted by atomic mass is 9.98. The molecular weight excluding hydrogens is 266 g/mol. The van der Waals surface area contributed by atoms with Gasteiger partial charge in [0.1, 0.15) is 5.75 Å². The fourth-order valence-corrected chi connectivity index (χ4v) is 2.03. The first-order chi connectivity index (χ1) is 10.2. The maximum absolute atomic E-state index is 12.6. The van der Waals surface area contributed by atoms with Crippen molar-refractivity contribution in [3.05, 3.63) is 65.2 Å². The average molecular weight is 283 g/mol. The predicted molar refractivity (Wildman–Crippen MR) is 80.9 cm³/mol. The molecule has 0 aliphatic carbocycles. The lowest BCUT2D eigenvalue weighted by molar-refractivity contribution is 0.0944. The molecule has 1 amide bonds. The Labute approximate surface area is 123 Å². The molecule has 4 nitrogen and oxygen atoms in total. The first-order valence-electron chi connectivity index (χ1n) is 6.73. The van der Waals surface area contributed by atoms with E-state index in [2.05, 4.69) is 5.32 Å². The van der Waals surface area contributed by atoms with Crippen LogP contribution in [0, 0.1) is 0 Å². The summed E-state index contributed by atoms with van der Waals surface area (Å²) in [5.41, 5.74) is 1.31. The normalized spacial score (nSPS) is 10.0. The van der Waals surface area contributed by atoms with Crippen LogP contribution in [-0.4, -0.2) is 25.3 Å². The molecule has 0 fully saturated rings. The second-order valence-electron chi connectivity index (χ2n) is 4.46. The smallest absolute Gasteiger partial charge is 0.252 e. The van der Waals surface area contributed by atoms with Gasteiger partial charge in [0, 0.05) is 17.7 Å². The molecule has 1 N–H and O–H groups in total. The van der Waals surface area contributed by atoms with Crippen LogP contribution in [0.4, 0.5) is 0 Å². The Morgan fingerprint density at radius 3 is 2.19 bits per heavy atom. The first kappa shape index (κ1) is 14.8. The number of methoxy groups -OCH3 is 1. The van der Waals surface area contributed by atoms with E-state index in [-0.39, 0.29) is 11.7 Å². The topological polar surface area (TPSA) is 55.4 Å². The van der Waals surface area contributed by atoms with E-state index in [9.17, 15) is 9.59 Å². The molecule has 0 radical (unpaired) electrons. The minimum atomic E-state index is -0.241. The van der Waals surface area contributed by atoms with E-state index >= 15 is 0 Å².